The summed E-state index contributed by atoms with van der Waals surface area (Å²) in [5.74, 6) is -1.19. The number of ether oxygens (including phenoxy) is 1. The average molecular weight is 315 g/mol. The molecule has 8 heteroatoms. The third-order valence-corrected chi connectivity index (χ3v) is 3.47. The summed E-state index contributed by atoms with van der Waals surface area (Å²) in [5.41, 5.74) is 0.317. The lowest BCUT2D eigenvalue weighted by Gasteiger charge is -2.07. The first-order valence-electron chi connectivity index (χ1n) is 6.18. The maximum atomic E-state index is 11.8. The van der Waals surface area contributed by atoms with Crippen molar-refractivity contribution in [2.75, 3.05) is 25.2 Å². The number of carboxylic acid groups (broad SMARTS) is 1. The third-order valence-electron chi connectivity index (χ3n) is 2.44. The van der Waals surface area contributed by atoms with Crippen molar-refractivity contribution in [3.05, 3.63) is 29.8 Å². The van der Waals surface area contributed by atoms with Gasteiger partial charge in [0.15, 0.2) is 6.61 Å². The molecule has 1 amide bonds. The van der Waals surface area contributed by atoms with Gasteiger partial charge in [-0.1, -0.05) is 6.07 Å². The molecule has 0 unspecified atom stereocenters. The highest BCUT2D eigenvalue weighted by atomic mass is 32.2. The van der Waals surface area contributed by atoms with Gasteiger partial charge in [-0.05, 0) is 24.6 Å². The number of nitrogens with one attached hydrogen (secondary N) is 1. The lowest BCUT2D eigenvalue weighted by molar-refractivity contribution is -0.139. The van der Waals surface area contributed by atoms with Crippen molar-refractivity contribution in [2.45, 2.75) is 6.42 Å². The number of sulfone groups is 1. The lowest BCUT2D eigenvalue weighted by atomic mass is 10.2. The van der Waals surface area contributed by atoms with Crippen LogP contribution in [0.2, 0.25) is 0 Å². The molecule has 0 atom stereocenters. The van der Waals surface area contributed by atoms with Gasteiger partial charge in [-0.3, -0.25) is 4.79 Å². The Morgan fingerprint density at radius 2 is 2.05 bits per heavy atom. The second-order valence-electron chi connectivity index (χ2n) is 4.45. The standard InChI is InChI=1S/C13H17NO6S/c1-21(18,19)7-3-6-14-13(17)10-4-2-5-11(8-10)20-9-12(15)16/h2,4-5,8H,3,6-7,9H2,1H3,(H,14,17)(H,15,16). The number of carboxylic acids is 1. The highest BCUT2D eigenvalue weighted by Gasteiger charge is 2.08. The maximum Gasteiger partial charge on any atom is 0.341 e. The topological polar surface area (TPSA) is 110 Å². The molecule has 116 valence electrons. The monoisotopic (exact) mass is 315 g/mol. The van der Waals surface area contributed by atoms with E-state index in [9.17, 15) is 18.0 Å². The molecule has 1 aromatic carbocycles. The first-order chi connectivity index (χ1) is 9.78. The summed E-state index contributed by atoms with van der Waals surface area (Å²) in [6.45, 7) is -0.244. The number of carbonyl (C=O) groups is 2. The van der Waals surface area contributed by atoms with Crippen LogP contribution in [0.5, 0.6) is 5.75 Å². The molecule has 0 bridgehead atoms. The Bertz CT molecular complexity index is 611. The van der Waals surface area contributed by atoms with Gasteiger partial charge in [0.25, 0.3) is 5.91 Å². The molecular weight excluding hydrogens is 298 g/mol. The Kier molecular flexibility index (Phi) is 6.16. The molecule has 0 fully saturated rings. The van der Waals surface area contributed by atoms with Crippen LogP contribution in [0.4, 0.5) is 0 Å². The van der Waals surface area contributed by atoms with Crippen LogP contribution in [-0.2, 0) is 14.6 Å². The van der Waals surface area contributed by atoms with E-state index in [0.29, 0.717) is 12.0 Å². The van der Waals surface area contributed by atoms with Crippen LogP contribution in [-0.4, -0.2) is 50.6 Å². The van der Waals surface area contributed by atoms with Crippen LogP contribution in [0.1, 0.15) is 16.8 Å². The van der Waals surface area contributed by atoms with Crippen molar-refractivity contribution in [3.8, 4) is 5.75 Å². The van der Waals surface area contributed by atoms with E-state index in [4.69, 9.17) is 9.84 Å². The molecule has 0 saturated heterocycles. The average Bonchev–Trinajstić information content (AvgIpc) is 2.40. The fourth-order valence-electron chi connectivity index (χ4n) is 1.51. The highest BCUT2D eigenvalue weighted by Crippen LogP contribution is 2.13. The normalized spacial score (nSPS) is 10.9. The molecule has 7 nitrogen and oxygen atoms in total. The number of hydrogen-bond acceptors (Lipinski definition) is 5. The summed E-state index contributed by atoms with van der Waals surface area (Å²) >= 11 is 0. The Hall–Kier alpha value is -2.09. The van der Waals surface area contributed by atoms with E-state index in [1.807, 2.05) is 0 Å². The fraction of sp³-hybridized carbons (Fsp3) is 0.385. The van der Waals surface area contributed by atoms with Crippen molar-refractivity contribution in [1.29, 1.82) is 0 Å². The summed E-state index contributed by atoms with van der Waals surface area (Å²) in [6, 6.07) is 6.10. The highest BCUT2D eigenvalue weighted by molar-refractivity contribution is 7.90. The van der Waals surface area contributed by atoms with E-state index in [2.05, 4.69) is 5.32 Å². The molecule has 0 spiro atoms. The number of benzene rings is 1. The maximum absolute atomic E-state index is 11.8. The summed E-state index contributed by atoms with van der Waals surface area (Å²) < 4.78 is 26.9. The van der Waals surface area contributed by atoms with Crippen LogP contribution in [0.25, 0.3) is 0 Å². The number of rotatable bonds is 8. The predicted octanol–water partition coefficient (Wildman–Crippen LogP) is 0.314. The van der Waals surface area contributed by atoms with Crippen molar-refractivity contribution >= 4 is 21.7 Å². The van der Waals surface area contributed by atoms with E-state index in [1.54, 1.807) is 18.2 Å². The molecule has 0 aromatic heterocycles. The van der Waals surface area contributed by atoms with Gasteiger partial charge in [-0.15, -0.1) is 0 Å². The van der Waals surface area contributed by atoms with Gasteiger partial charge < -0.3 is 15.2 Å². The SMILES string of the molecule is CS(=O)(=O)CCCNC(=O)c1cccc(OCC(=O)O)c1. The molecule has 1 aromatic rings. The van der Waals surface area contributed by atoms with E-state index < -0.39 is 22.4 Å². The summed E-state index contributed by atoms with van der Waals surface area (Å²) in [6.07, 6.45) is 1.47. The largest absolute Gasteiger partial charge is 0.482 e. The molecule has 21 heavy (non-hydrogen) atoms. The Labute approximate surface area is 122 Å². The molecule has 2 N–H and O–H groups in total. The van der Waals surface area contributed by atoms with Gasteiger partial charge in [0.05, 0.1) is 5.75 Å². The van der Waals surface area contributed by atoms with Gasteiger partial charge in [0.2, 0.25) is 0 Å². The summed E-state index contributed by atoms with van der Waals surface area (Å²) in [5, 5.41) is 11.1. The zero-order chi connectivity index (χ0) is 15.9. The molecule has 0 aliphatic heterocycles. The summed E-state index contributed by atoms with van der Waals surface area (Å²) in [7, 11) is -3.04. The zero-order valence-corrected chi connectivity index (χ0v) is 12.4. The molecule has 0 aliphatic rings. The van der Waals surface area contributed by atoms with Crippen LogP contribution in [0, 0.1) is 0 Å². The first-order valence-corrected chi connectivity index (χ1v) is 8.24. The molecule has 0 radical (unpaired) electrons. The van der Waals surface area contributed by atoms with Gasteiger partial charge in [0.1, 0.15) is 15.6 Å². The zero-order valence-electron chi connectivity index (χ0n) is 11.5. The van der Waals surface area contributed by atoms with E-state index in [1.165, 1.54) is 6.07 Å². The van der Waals surface area contributed by atoms with Crippen molar-refractivity contribution in [3.63, 3.8) is 0 Å². The van der Waals surface area contributed by atoms with E-state index in [-0.39, 0.29) is 24.0 Å². The van der Waals surface area contributed by atoms with Gasteiger partial charge in [-0.25, -0.2) is 13.2 Å². The quantitative estimate of drug-likeness (QED) is 0.668. The minimum atomic E-state index is -3.04. The van der Waals surface area contributed by atoms with E-state index >= 15 is 0 Å². The number of amides is 1. The minimum Gasteiger partial charge on any atom is -0.482 e. The minimum absolute atomic E-state index is 0.00897. The van der Waals surface area contributed by atoms with Crippen molar-refractivity contribution in [2.24, 2.45) is 0 Å². The molecule has 0 aliphatic carbocycles. The molecule has 1 rings (SSSR count). The van der Waals surface area contributed by atoms with Gasteiger partial charge in [0, 0.05) is 18.4 Å². The van der Waals surface area contributed by atoms with Crippen LogP contribution in [0.3, 0.4) is 0 Å². The van der Waals surface area contributed by atoms with Crippen molar-refractivity contribution < 1.29 is 27.9 Å². The number of aliphatic carboxylic acids is 1. The third kappa shape index (κ3) is 7.31. The Morgan fingerprint density at radius 1 is 1.33 bits per heavy atom. The van der Waals surface area contributed by atoms with Crippen LogP contribution < -0.4 is 10.1 Å². The van der Waals surface area contributed by atoms with Crippen LogP contribution >= 0.6 is 0 Å². The predicted molar refractivity (Wildman–Crippen MR) is 76.2 cm³/mol. The molecular formula is C13H17NO6S. The fourth-order valence-corrected chi connectivity index (χ4v) is 2.18. The Morgan fingerprint density at radius 3 is 2.67 bits per heavy atom. The van der Waals surface area contributed by atoms with Gasteiger partial charge >= 0.3 is 5.97 Å². The smallest absolute Gasteiger partial charge is 0.341 e. The van der Waals surface area contributed by atoms with Gasteiger partial charge in [-0.2, -0.15) is 0 Å². The summed E-state index contributed by atoms with van der Waals surface area (Å²) in [4.78, 5) is 22.2. The number of carbonyl (C=O) groups excluding carboxylic acids is 1. The number of hydrogen-bond donors (Lipinski definition) is 2. The lowest BCUT2D eigenvalue weighted by Crippen LogP contribution is -2.25. The second kappa shape index (κ2) is 7.63. The first kappa shape index (κ1) is 17.0. The molecule has 0 heterocycles. The van der Waals surface area contributed by atoms with E-state index in [0.717, 1.165) is 6.26 Å². The Balaban J connectivity index is 2.50. The van der Waals surface area contributed by atoms with Crippen molar-refractivity contribution in [1.82, 2.24) is 5.32 Å². The van der Waals surface area contributed by atoms with Crippen LogP contribution in [0.15, 0.2) is 24.3 Å². The second-order valence-corrected chi connectivity index (χ2v) is 6.71. The molecule has 0 saturated carbocycles.